The topological polar surface area (TPSA) is 60.9 Å². The maximum atomic E-state index is 13.2. The van der Waals surface area contributed by atoms with Gasteiger partial charge in [0.1, 0.15) is 5.75 Å². The Labute approximate surface area is 191 Å². The second-order valence-corrected chi connectivity index (χ2v) is 9.06. The standard InChI is InChI=1S/C23H26BF3N2O4/c1-5-22(4)21(2,3)32-24(33-22)16-12-17-18(28-13-16)10-11-29(20(17)30)14-15-8-6-7-9-19(15)31-23(25,26)27/h6-9,12-13H,5,10-11,14H2,1-4H3. The van der Waals surface area contributed by atoms with E-state index in [0.717, 1.165) is 6.42 Å². The van der Waals surface area contributed by atoms with E-state index < -0.39 is 24.7 Å². The molecular weight excluding hydrogens is 436 g/mol. The van der Waals surface area contributed by atoms with E-state index in [4.69, 9.17) is 9.31 Å². The summed E-state index contributed by atoms with van der Waals surface area (Å²) in [5.41, 5.74) is 0.943. The number of carbonyl (C=O) groups excluding carboxylic acids is 1. The lowest BCUT2D eigenvalue weighted by atomic mass is 9.79. The number of hydrogen-bond donors (Lipinski definition) is 0. The number of ether oxygens (including phenoxy) is 1. The molecule has 2 aliphatic heterocycles. The van der Waals surface area contributed by atoms with Crippen LogP contribution in [0.4, 0.5) is 13.2 Å². The smallest absolute Gasteiger partial charge is 0.405 e. The molecule has 1 atom stereocenters. The molecule has 0 saturated carbocycles. The van der Waals surface area contributed by atoms with Crippen LogP contribution in [0.5, 0.6) is 5.75 Å². The SMILES string of the molecule is CCC1(C)OB(c2cnc3c(c2)C(=O)N(Cc2ccccc2OC(F)(F)F)CC3)OC1(C)C. The molecule has 1 unspecified atom stereocenters. The van der Waals surface area contributed by atoms with E-state index in [1.54, 1.807) is 18.3 Å². The maximum Gasteiger partial charge on any atom is 0.573 e. The van der Waals surface area contributed by atoms with Crippen molar-refractivity contribution in [2.45, 2.75) is 64.6 Å². The second kappa shape index (κ2) is 8.32. The van der Waals surface area contributed by atoms with Crippen molar-refractivity contribution < 1.29 is 32.0 Å². The summed E-state index contributed by atoms with van der Waals surface area (Å²) in [6.45, 7) is 8.29. The molecule has 33 heavy (non-hydrogen) atoms. The molecule has 2 aliphatic rings. The predicted octanol–water partition coefficient (Wildman–Crippen LogP) is 3.87. The Kier molecular flexibility index (Phi) is 5.95. The van der Waals surface area contributed by atoms with Crippen LogP contribution in [-0.4, -0.2) is 47.0 Å². The van der Waals surface area contributed by atoms with Crippen LogP contribution in [0.1, 0.15) is 55.7 Å². The van der Waals surface area contributed by atoms with Crippen molar-refractivity contribution in [1.29, 1.82) is 0 Å². The Hall–Kier alpha value is -2.59. The molecule has 0 N–H and O–H groups in total. The van der Waals surface area contributed by atoms with Gasteiger partial charge in [0.25, 0.3) is 5.91 Å². The lowest BCUT2D eigenvalue weighted by molar-refractivity contribution is -0.275. The molecule has 176 valence electrons. The van der Waals surface area contributed by atoms with Gasteiger partial charge in [-0.15, -0.1) is 13.2 Å². The minimum absolute atomic E-state index is 0.00782. The van der Waals surface area contributed by atoms with Crippen LogP contribution in [0, 0.1) is 0 Å². The summed E-state index contributed by atoms with van der Waals surface area (Å²) in [6.07, 6.45) is -1.90. The molecule has 0 spiro atoms. The lowest BCUT2D eigenvalue weighted by Crippen LogP contribution is -2.44. The van der Waals surface area contributed by atoms with Gasteiger partial charge in [-0.2, -0.15) is 0 Å². The quantitative estimate of drug-likeness (QED) is 0.632. The molecule has 0 bridgehead atoms. The number of para-hydroxylation sites is 1. The molecular formula is C23H26BF3N2O4. The normalized spacial score (nSPS) is 22.5. The Morgan fingerprint density at radius 1 is 1.21 bits per heavy atom. The molecule has 1 fully saturated rings. The highest BCUT2D eigenvalue weighted by molar-refractivity contribution is 6.62. The van der Waals surface area contributed by atoms with Crippen LogP contribution in [0.25, 0.3) is 0 Å². The minimum Gasteiger partial charge on any atom is -0.405 e. The van der Waals surface area contributed by atoms with Gasteiger partial charge < -0.3 is 18.9 Å². The molecule has 1 amide bonds. The van der Waals surface area contributed by atoms with E-state index >= 15 is 0 Å². The summed E-state index contributed by atoms with van der Waals surface area (Å²) in [6, 6.07) is 7.55. The van der Waals surface area contributed by atoms with Crippen molar-refractivity contribution in [2.24, 2.45) is 0 Å². The molecule has 0 aliphatic carbocycles. The zero-order valence-corrected chi connectivity index (χ0v) is 19.0. The third-order valence-electron chi connectivity index (χ3n) is 6.68. The molecule has 0 radical (unpaired) electrons. The van der Waals surface area contributed by atoms with Gasteiger partial charge in [-0.05, 0) is 39.3 Å². The highest BCUT2D eigenvalue weighted by atomic mass is 19.4. The van der Waals surface area contributed by atoms with Crippen LogP contribution in [0.3, 0.4) is 0 Å². The second-order valence-electron chi connectivity index (χ2n) is 9.06. The minimum atomic E-state index is -4.81. The third kappa shape index (κ3) is 4.59. The molecule has 10 heteroatoms. The summed E-state index contributed by atoms with van der Waals surface area (Å²) < 4.78 is 54.8. The Balaban J connectivity index is 1.57. The Morgan fingerprint density at radius 3 is 2.61 bits per heavy atom. The van der Waals surface area contributed by atoms with E-state index in [9.17, 15) is 18.0 Å². The summed E-state index contributed by atoms with van der Waals surface area (Å²) in [4.78, 5) is 19.2. The Bertz CT molecular complexity index is 1060. The van der Waals surface area contributed by atoms with Crippen molar-refractivity contribution in [3.63, 3.8) is 0 Å². The number of carbonyl (C=O) groups is 1. The molecule has 1 saturated heterocycles. The van der Waals surface area contributed by atoms with Crippen molar-refractivity contribution in [3.8, 4) is 5.75 Å². The summed E-state index contributed by atoms with van der Waals surface area (Å²) in [7, 11) is -0.660. The maximum absolute atomic E-state index is 13.2. The van der Waals surface area contributed by atoms with Gasteiger partial charge in [-0.25, -0.2) is 0 Å². The van der Waals surface area contributed by atoms with E-state index in [2.05, 4.69) is 9.72 Å². The number of amides is 1. The fraction of sp³-hybridized carbons (Fsp3) is 0.478. The highest BCUT2D eigenvalue weighted by Crippen LogP contribution is 2.39. The predicted molar refractivity (Wildman–Crippen MR) is 116 cm³/mol. The van der Waals surface area contributed by atoms with Gasteiger partial charge in [0.05, 0.1) is 22.5 Å². The average molecular weight is 462 g/mol. The number of alkyl halides is 3. The van der Waals surface area contributed by atoms with Crippen LogP contribution in [-0.2, 0) is 22.3 Å². The van der Waals surface area contributed by atoms with E-state index in [-0.39, 0.29) is 23.8 Å². The number of fused-ring (bicyclic) bond motifs is 1. The van der Waals surface area contributed by atoms with Crippen molar-refractivity contribution in [2.75, 3.05) is 6.54 Å². The first-order chi connectivity index (χ1) is 15.4. The molecule has 1 aromatic carbocycles. The van der Waals surface area contributed by atoms with E-state index in [1.807, 2.05) is 27.7 Å². The lowest BCUT2D eigenvalue weighted by Gasteiger charge is -2.35. The van der Waals surface area contributed by atoms with Gasteiger partial charge in [0.2, 0.25) is 0 Å². The molecule has 1 aromatic heterocycles. The monoisotopic (exact) mass is 462 g/mol. The number of pyridine rings is 1. The molecule has 3 heterocycles. The number of halogens is 3. The highest BCUT2D eigenvalue weighted by Gasteiger charge is 2.53. The van der Waals surface area contributed by atoms with Crippen molar-refractivity contribution in [1.82, 2.24) is 9.88 Å². The fourth-order valence-electron chi connectivity index (χ4n) is 4.19. The first-order valence-corrected chi connectivity index (χ1v) is 10.9. The van der Waals surface area contributed by atoms with E-state index in [0.29, 0.717) is 29.7 Å². The van der Waals surface area contributed by atoms with Gasteiger partial charge in [-0.3, -0.25) is 9.78 Å². The van der Waals surface area contributed by atoms with Gasteiger partial charge in [0, 0.05) is 36.7 Å². The van der Waals surface area contributed by atoms with Gasteiger partial charge in [0.15, 0.2) is 0 Å². The van der Waals surface area contributed by atoms with Gasteiger partial charge in [-0.1, -0.05) is 25.1 Å². The average Bonchev–Trinajstić information content (AvgIpc) is 2.99. The van der Waals surface area contributed by atoms with E-state index in [1.165, 1.54) is 23.1 Å². The van der Waals surface area contributed by atoms with Crippen LogP contribution in [0.15, 0.2) is 36.5 Å². The number of aromatic nitrogens is 1. The first kappa shape index (κ1) is 23.6. The number of hydrogen-bond acceptors (Lipinski definition) is 5. The number of rotatable bonds is 5. The fourth-order valence-corrected chi connectivity index (χ4v) is 4.19. The zero-order chi connectivity index (χ0) is 24.0. The Morgan fingerprint density at radius 2 is 1.94 bits per heavy atom. The zero-order valence-electron chi connectivity index (χ0n) is 19.0. The molecule has 2 aromatic rings. The van der Waals surface area contributed by atoms with Gasteiger partial charge >= 0.3 is 13.5 Å². The van der Waals surface area contributed by atoms with Crippen molar-refractivity contribution >= 4 is 18.5 Å². The molecule has 4 rings (SSSR count). The summed E-state index contributed by atoms with van der Waals surface area (Å²) in [5, 5.41) is 0. The van der Waals surface area contributed by atoms with Crippen molar-refractivity contribution in [3.05, 3.63) is 53.3 Å². The third-order valence-corrected chi connectivity index (χ3v) is 6.68. The summed E-state index contributed by atoms with van der Waals surface area (Å²) in [5.74, 6) is -0.618. The van der Waals surface area contributed by atoms with Crippen LogP contribution >= 0.6 is 0 Å². The van der Waals surface area contributed by atoms with Crippen LogP contribution < -0.4 is 10.2 Å². The first-order valence-electron chi connectivity index (χ1n) is 10.9. The summed E-state index contributed by atoms with van der Waals surface area (Å²) >= 11 is 0. The molecule has 6 nitrogen and oxygen atoms in total. The number of benzene rings is 1. The largest absolute Gasteiger partial charge is 0.573 e. The number of nitrogens with zero attached hydrogens (tertiary/aromatic N) is 2. The van der Waals surface area contributed by atoms with Crippen LogP contribution in [0.2, 0.25) is 0 Å².